The molecule has 2 aliphatic rings. The highest BCUT2D eigenvalue weighted by Crippen LogP contribution is 2.40. The van der Waals surface area contributed by atoms with Gasteiger partial charge < -0.3 is 5.73 Å². The van der Waals surface area contributed by atoms with Crippen molar-refractivity contribution < 1.29 is 0 Å². The summed E-state index contributed by atoms with van der Waals surface area (Å²) in [5.41, 5.74) is 6.61. The lowest BCUT2D eigenvalue weighted by atomic mass is 9.75. The van der Waals surface area contributed by atoms with E-state index in [4.69, 9.17) is 5.73 Å². The third-order valence-electron chi connectivity index (χ3n) is 5.52. The Morgan fingerprint density at radius 1 is 1.11 bits per heavy atom. The van der Waals surface area contributed by atoms with Crippen molar-refractivity contribution in [1.29, 1.82) is 0 Å². The van der Waals surface area contributed by atoms with Crippen molar-refractivity contribution in [2.75, 3.05) is 13.1 Å². The first-order valence-electron chi connectivity index (χ1n) is 8.54. The van der Waals surface area contributed by atoms with Crippen molar-refractivity contribution in [2.24, 2.45) is 17.6 Å². The number of rotatable bonds is 5. The zero-order valence-electron chi connectivity index (χ0n) is 13.3. The fraction of sp³-hybridized carbons (Fsp3) is 1.00. The largest absolute Gasteiger partial charge is 0.329 e. The van der Waals surface area contributed by atoms with E-state index in [9.17, 15) is 0 Å². The highest BCUT2D eigenvalue weighted by molar-refractivity contribution is 4.99. The van der Waals surface area contributed by atoms with Gasteiger partial charge in [-0.25, -0.2) is 0 Å². The van der Waals surface area contributed by atoms with E-state index in [0.717, 1.165) is 24.4 Å². The van der Waals surface area contributed by atoms with Crippen LogP contribution in [0.25, 0.3) is 0 Å². The molecule has 0 unspecified atom stereocenters. The maximum atomic E-state index is 6.29. The summed E-state index contributed by atoms with van der Waals surface area (Å²) in [5, 5.41) is 0. The van der Waals surface area contributed by atoms with Crippen molar-refractivity contribution in [3.05, 3.63) is 0 Å². The number of nitrogens with zero attached hydrogens (tertiary/aromatic N) is 1. The van der Waals surface area contributed by atoms with Gasteiger partial charge in [0.25, 0.3) is 0 Å². The van der Waals surface area contributed by atoms with Gasteiger partial charge in [-0.15, -0.1) is 0 Å². The fourth-order valence-corrected chi connectivity index (χ4v) is 4.25. The molecule has 112 valence electrons. The van der Waals surface area contributed by atoms with E-state index in [1.54, 1.807) is 0 Å². The van der Waals surface area contributed by atoms with E-state index in [1.807, 2.05) is 0 Å². The Balaban J connectivity index is 2.13. The molecule has 0 saturated heterocycles. The molecule has 2 N–H and O–H groups in total. The second kappa shape index (κ2) is 6.58. The Hall–Kier alpha value is -0.0800. The topological polar surface area (TPSA) is 29.3 Å². The molecule has 2 fully saturated rings. The van der Waals surface area contributed by atoms with E-state index >= 15 is 0 Å². The number of hydrogen-bond acceptors (Lipinski definition) is 2. The Bertz CT molecular complexity index is 260. The average molecular weight is 266 g/mol. The summed E-state index contributed by atoms with van der Waals surface area (Å²) in [5.74, 6) is 1.66. The van der Waals surface area contributed by atoms with Gasteiger partial charge in [-0.3, -0.25) is 4.90 Å². The van der Waals surface area contributed by atoms with Crippen LogP contribution in [0, 0.1) is 11.8 Å². The van der Waals surface area contributed by atoms with Crippen LogP contribution in [0.3, 0.4) is 0 Å². The second-order valence-electron chi connectivity index (χ2n) is 7.60. The first kappa shape index (κ1) is 15.3. The summed E-state index contributed by atoms with van der Waals surface area (Å²) in [6, 6.07) is 0.819. The van der Waals surface area contributed by atoms with Crippen LogP contribution in [0.15, 0.2) is 0 Å². The van der Waals surface area contributed by atoms with E-state index in [1.165, 1.54) is 57.9 Å². The van der Waals surface area contributed by atoms with Crippen LogP contribution in [0.2, 0.25) is 0 Å². The monoisotopic (exact) mass is 266 g/mol. The van der Waals surface area contributed by atoms with Gasteiger partial charge in [-0.1, -0.05) is 33.6 Å². The van der Waals surface area contributed by atoms with Crippen molar-refractivity contribution >= 4 is 0 Å². The van der Waals surface area contributed by atoms with Gasteiger partial charge in [0.2, 0.25) is 0 Å². The molecule has 0 spiro atoms. The first-order valence-corrected chi connectivity index (χ1v) is 8.54. The van der Waals surface area contributed by atoms with Crippen molar-refractivity contribution in [3.8, 4) is 0 Å². The molecule has 2 nitrogen and oxygen atoms in total. The summed E-state index contributed by atoms with van der Waals surface area (Å²) < 4.78 is 0. The zero-order chi connectivity index (χ0) is 13.9. The molecule has 0 atom stereocenters. The molecular formula is C17H34N2. The van der Waals surface area contributed by atoms with E-state index in [0.29, 0.717) is 5.54 Å². The first-order chi connectivity index (χ1) is 9.07. The Morgan fingerprint density at radius 2 is 1.68 bits per heavy atom. The molecule has 0 aromatic heterocycles. The van der Waals surface area contributed by atoms with Crippen LogP contribution in [0.4, 0.5) is 0 Å². The molecule has 0 amide bonds. The Labute approximate surface area is 120 Å². The van der Waals surface area contributed by atoms with Gasteiger partial charge in [0, 0.05) is 24.7 Å². The molecule has 2 saturated carbocycles. The van der Waals surface area contributed by atoms with E-state index < -0.39 is 0 Å². The summed E-state index contributed by atoms with van der Waals surface area (Å²) in [7, 11) is 0. The minimum Gasteiger partial charge on any atom is -0.329 e. The summed E-state index contributed by atoms with van der Waals surface area (Å²) in [6.45, 7) is 9.23. The maximum Gasteiger partial charge on any atom is 0.0334 e. The smallest absolute Gasteiger partial charge is 0.0334 e. The highest BCUT2D eigenvalue weighted by atomic mass is 15.2. The van der Waals surface area contributed by atoms with Crippen LogP contribution < -0.4 is 5.73 Å². The second-order valence-corrected chi connectivity index (χ2v) is 7.60. The lowest BCUT2D eigenvalue weighted by Crippen LogP contribution is -2.59. The molecule has 0 aromatic rings. The van der Waals surface area contributed by atoms with Crippen LogP contribution in [0.1, 0.15) is 72.1 Å². The number of hydrogen-bond donors (Lipinski definition) is 1. The standard InChI is InChI=1S/C17H34N2/c1-14(2)12-19(16-6-4-5-7-16)17(13-18)10-8-15(3)9-11-17/h14-16H,4-13,18H2,1-3H3. The third-order valence-corrected chi connectivity index (χ3v) is 5.52. The van der Waals surface area contributed by atoms with Crippen molar-refractivity contribution in [3.63, 3.8) is 0 Å². The molecule has 0 aromatic carbocycles. The number of nitrogens with two attached hydrogens (primary N) is 1. The predicted molar refractivity (Wildman–Crippen MR) is 83.2 cm³/mol. The van der Waals surface area contributed by atoms with Crippen LogP contribution >= 0.6 is 0 Å². The molecular weight excluding hydrogens is 232 g/mol. The van der Waals surface area contributed by atoms with Crippen LogP contribution in [0.5, 0.6) is 0 Å². The van der Waals surface area contributed by atoms with Gasteiger partial charge in [0.15, 0.2) is 0 Å². The minimum atomic E-state index is 0.325. The molecule has 0 bridgehead atoms. The molecule has 0 heterocycles. The van der Waals surface area contributed by atoms with Crippen LogP contribution in [-0.4, -0.2) is 29.6 Å². The molecule has 2 aliphatic carbocycles. The van der Waals surface area contributed by atoms with Gasteiger partial charge >= 0.3 is 0 Å². The maximum absolute atomic E-state index is 6.29. The molecule has 2 rings (SSSR count). The van der Waals surface area contributed by atoms with Gasteiger partial charge in [-0.2, -0.15) is 0 Å². The quantitative estimate of drug-likeness (QED) is 0.820. The lowest BCUT2D eigenvalue weighted by Gasteiger charge is -2.50. The molecule has 19 heavy (non-hydrogen) atoms. The molecule has 2 heteroatoms. The van der Waals surface area contributed by atoms with Crippen LogP contribution in [-0.2, 0) is 0 Å². The van der Waals surface area contributed by atoms with Crippen molar-refractivity contribution in [1.82, 2.24) is 4.90 Å². The summed E-state index contributed by atoms with van der Waals surface area (Å²) >= 11 is 0. The average Bonchev–Trinajstić information content (AvgIpc) is 2.91. The van der Waals surface area contributed by atoms with E-state index in [-0.39, 0.29) is 0 Å². The fourth-order valence-electron chi connectivity index (χ4n) is 4.25. The SMILES string of the molecule is CC(C)CN(C1CCCC1)C1(CN)CCC(C)CC1. The Morgan fingerprint density at radius 3 is 2.16 bits per heavy atom. The summed E-state index contributed by atoms with van der Waals surface area (Å²) in [4.78, 5) is 2.86. The normalized spacial score (nSPS) is 33.5. The zero-order valence-corrected chi connectivity index (χ0v) is 13.3. The molecule has 0 radical (unpaired) electrons. The minimum absolute atomic E-state index is 0.325. The van der Waals surface area contributed by atoms with E-state index in [2.05, 4.69) is 25.7 Å². The Kier molecular flexibility index (Phi) is 5.30. The highest BCUT2D eigenvalue weighted by Gasteiger charge is 2.42. The summed E-state index contributed by atoms with van der Waals surface area (Å²) in [6.07, 6.45) is 11.1. The third kappa shape index (κ3) is 3.52. The predicted octanol–water partition coefficient (Wildman–Crippen LogP) is 3.79. The van der Waals surface area contributed by atoms with Crippen molar-refractivity contribution in [2.45, 2.75) is 83.7 Å². The lowest BCUT2D eigenvalue weighted by molar-refractivity contribution is 0.00190. The van der Waals surface area contributed by atoms with Gasteiger partial charge in [0.1, 0.15) is 0 Å². The van der Waals surface area contributed by atoms with Gasteiger partial charge in [-0.05, 0) is 50.4 Å². The van der Waals surface area contributed by atoms with Gasteiger partial charge in [0.05, 0.1) is 0 Å². The molecule has 0 aliphatic heterocycles.